The molecule has 1 aliphatic rings. The van der Waals surface area contributed by atoms with Crippen LogP contribution in [0, 0.1) is 0 Å². The lowest BCUT2D eigenvalue weighted by molar-refractivity contribution is 0.0933. The van der Waals surface area contributed by atoms with Crippen molar-refractivity contribution in [3.05, 3.63) is 45.9 Å². The second-order valence-electron chi connectivity index (χ2n) is 6.30. The van der Waals surface area contributed by atoms with E-state index in [0.29, 0.717) is 18.8 Å². The Morgan fingerprint density at radius 3 is 2.65 bits per heavy atom. The Labute approximate surface area is 158 Å². The molecular weight excluding hydrogens is 350 g/mol. The minimum absolute atomic E-state index is 0.138. The molecule has 1 unspecified atom stereocenters. The highest BCUT2D eigenvalue weighted by atomic mass is 32.1. The second kappa shape index (κ2) is 9.12. The number of nitrogens with one attached hydrogen (secondary N) is 1. The van der Waals surface area contributed by atoms with Gasteiger partial charge in [0, 0.05) is 19.0 Å². The van der Waals surface area contributed by atoms with E-state index in [9.17, 15) is 4.79 Å². The number of likely N-dealkylation sites (tertiary alicyclic amines) is 1. The number of rotatable bonds is 8. The molecule has 1 aromatic heterocycles. The van der Waals surface area contributed by atoms with Crippen LogP contribution in [0.3, 0.4) is 0 Å². The summed E-state index contributed by atoms with van der Waals surface area (Å²) in [7, 11) is 3.29. The van der Waals surface area contributed by atoms with Gasteiger partial charge in [0.05, 0.1) is 19.8 Å². The van der Waals surface area contributed by atoms with E-state index in [4.69, 9.17) is 9.47 Å². The Balaban J connectivity index is 1.67. The predicted octanol–water partition coefficient (Wildman–Crippen LogP) is 2.87. The van der Waals surface area contributed by atoms with Crippen LogP contribution in [0.2, 0.25) is 0 Å². The van der Waals surface area contributed by atoms with E-state index in [1.54, 1.807) is 19.6 Å². The topological polar surface area (TPSA) is 63.7 Å². The molecule has 1 aromatic carbocycles. The number of carbonyl (C=O) groups excluding carboxylic acids is 1. The Kier molecular flexibility index (Phi) is 6.60. The first-order valence-electron chi connectivity index (χ1n) is 8.81. The van der Waals surface area contributed by atoms with Crippen LogP contribution in [-0.4, -0.2) is 49.6 Å². The monoisotopic (exact) mass is 375 g/mol. The van der Waals surface area contributed by atoms with E-state index in [1.807, 2.05) is 12.1 Å². The third kappa shape index (κ3) is 4.60. The summed E-state index contributed by atoms with van der Waals surface area (Å²) >= 11 is 1.44. The quantitative estimate of drug-likeness (QED) is 0.769. The zero-order valence-electron chi connectivity index (χ0n) is 15.2. The Bertz CT molecular complexity index is 711. The van der Waals surface area contributed by atoms with E-state index < -0.39 is 0 Å². The molecule has 2 heterocycles. The summed E-state index contributed by atoms with van der Waals surface area (Å²) in [6.07, 6.45) is 2.40. The van der Waals surface area contributed by atoms with E-state index in [-0.39, 0.29) is 11.9 Å². The molecule has 6 nitrogen and oxygen atoms in total. The maximum atomic E-state index is 12.5. The van der Waals surface area contributed by atoms with Gasteiger partial charge in [0.1, 0.15) is 16.5 Å². The summed E-state index contributed by atoms with van der Waals surface area (Å²) in [4.78, 5) is 19.2. The van der Waals surface area contributed by atoms with Gasteiger partial charge in [-0.05, 0) is 43.6 Å². The van der Waals surface area contributed by atoms with Crippen molar-refractivity contribution in [2.24, 2.45) is 0 Å². The lowest BCUT2D eigenvalue weighted by atomic mass is 10.1. The van der Waals surface area contributed by atoms with E-state index >= 15 is 0 Å². The minimum Gasteiger partial charge on any atom is -0.497 e. The standard InChI is InChI=1S/C19H25N3O3S/c1-24-12-18-21-16(13-26-18)19(23)20-11-17(22-9-3-4-10-22)14-5-7-15(25-2)8-6-14/h5-8,13,17H,3-4,9-12H2,1-2H3,(H,20,23). The lowest BCUT2D eigenvalue weighted by Crippen LogP contribution is -2.36. The fraction of sp³-hybridized carbons (Fsp3) is 0.474. The molecule has 0 saturated carbocycles. The number of aromatic nitrogens is 1. The summed E-state index contributed by atoms with van der Waals surface area (Å²) in [6, 6.07) is 8.25. The van der Waals surface area contributed by atoms with E-state index in [2.05, 4.69) is 27.3 Å². The summed E-state index contributed by atoms with van der Waals surface area (Å²) in [5, 5.41) is 5.64. The zero-order chi connectivity index (χ0) is 18.4. The maximum absolute atomic E-state index is 12.5. The number of benzene rings is 1. The van der Waals surface area contributed by atoms with Crippen molar-refractivity contribution in [3.8, 4) is 5.75 Å². The van der Waals surface area contributed by atoms with Crippen LogP contribution in [0.15, 0.2) is 29.6 Å². The number of methoxy groups -OCH3 is 2. The van der Waals surface area contributed by atoms with Gasteiger partial charge in [-0.2, -0.15) is 0 Å². The smallest absolute Gasteiger partial charge is 0.270 e. The van der Waals surface area contributed by atoms with Gasteiger partial charge < -0.3 is 14.8 Å². The van der Waals surface area contributed by atoms with Gasteiger partial charge in [-0.15, -0.1) is 11.3 Å². The molecule has 0 bridgehead atoms. The largest absolute Gasteiger partial charge is 0.497 e. The molecule has 0 aliphatic carbocycles. The highest BCUT2D eigenvalue weighted by Gasteiger charge is 2.24. The third-order valence-electron chi connectivity index (χ3n) is 4.59. The SMILES string of the molecule is COCc1nc(C(=O)NCC(c2ccc(OC)cc2)N2CCCC2)cs1. The summed E-state index contributed by atoms with van der Waals surface area (Å²) in [5.41, 5.74) is 1.64. The van der Waals surface area contributed by atoms with Gasteiger partial charge in [-0.1, -0.05) is 12.1 Å². The normalized spacial score (nSPS) is 15.8. The first-order valence-corrected chi connectivity index (χ1v) is 9.68. The fourth-order valence-corrected chi connectivity index (χ4v) is 3.97. The molecule has 1 fully saturated rings. The number of ether oxygens (including phenoxy) is 2. The van der Waals surface area contributed by atoms with Gasteiger partial charge in [-0.3, -0.25) is 9.69 Å². The zero-order valence-corrected chi connectivity index (χ0v) is 16.1. The van der Waals surface area contributed by atoms with Crippen molar-refractivity contribution in [3.63, 3.8) is 0 Å². The van der Waals surface area contributed by atoms with Crippen molar-refractivity contribution in [1.29, 1.82) is 0 Å². The van der Waals surface area contributed by atoms with Crippen LogP contribution in [0.5, 0.6) is 5.75 Å². The first-order chi connectivity index (χ1) is 12.7. The molecule has 0 spiro atoms. The van der Waals surface area contributed by atoms with Gasteiger partial charge in [0.25, 0.3) is 5.91 Å². The minimum atomic E-state index is -0.138. The van der Waals surface area contributed by atoms with Crippen molar-refractivity contribution < 1.29 is 14.3 Å². The molecule has 140 valence electrons. The average Bonchev–Trinajstić information content (AvgIpc) is 3.35. The van der Waals surface area contributed by atoms with Crippen LogP contribution in [0.25, 0.3) is 0 Å². The molecule has 1 N–H and O–H groups in total. The van der Waals surface area contributed by atoms with Crippen LogP contribution in [-0.2, 0) is 11.3 Å². The van der Waals surface area contributed by atoms with Crippen LogP contribution in [0.1, 0.15) is 39.9 Å². The molecule has 1 amide bonds. The summed E-state index contributed by atoms with van der Waals surface area (Å²) in [5.74, 6) is 0.701. The van der Waals surface area contributed by atoms with Crippen LogP contribution < -0.4 is 10.1 Å². The van der Waals surface area contributed by atoms with Crippen molar-refractivity contribution >= 4 is 17.2 Å². The molecule has 0 radical (unpaired) electrons. The van der Waals surface area contributed by atoms with Gasteiger partial charge >= 0.3 is 0 Å². The molecule has 2 aromatic rings. The average molecular weight is 375 g/mol. The van der Waals surface area contributed by atoms with Crippen molar-refractivity contribution in [2.75, 3.05) is 33.9 Å². The molecule has 1 aliphatic heterocycles. The number of amides is 1. The highest BCUT2D eigenvalue weighted by molar-refractivity contribution is 7.09. The Hall–Kier alpha value is -1.96. The predicted molar refractivity (Wildman–Crippen MR) is 102 cm³/mol. The van der Waals surface area contributed by atoms with Crippen LogP contribution in [0.4, 0.5) is 0 Å². The third-order valence-corrected chi connectivity index (χ3v) is 5.41. The molecule has 7 heteroatoms. The molecular formula is C19H25N3O3S. The highest BCUT2D eigenvalue weighted by Crippen LogP contribution is 2.26. The number of thiazole rings is 1. The van der Waals surface area contributed by atoms with E-state index in [0.717, 1.165) is 23.8 Å². The molecule has 1 saturated heterocycles. The number of hydrogen-bond donors (Lipinski definition) is 1. The molecule has 1 atom stereocenters. The number of carbonyl (C=O) groups is 1. The maximum Gasteiger partial charge on any atom is 0.270 e. The first kappa shape index (κ1) is 18.8. The lowest BCUT2D eigenvalue weighted by Gasteiger charge is -2.28. The van der Waals surface area contributed by atoms with Crippen molar-refractivity contribution in [1.82, 2.24) is 15.2 Å². The summed E-state index contributed by atoms with van der Waals surface area (Å²) in [6.45, 7) is 3.10. The number of nitrogens with zero attached hydrogens (tertiary/aromatic N) is 2. The molecule has 26 heavy (non-hydrogen) atoms. The van der Waals surface area contributed by atoms with Gasteiger partial charge in [0.15, 0.2) is 0 Å². The molecule has 3 rings (SSSR count). The van der Waals surface area contributed by atoms with Gasteiger partial charge in [-0.25, -0.2) is 4.98 Å². The van der Waals surface area contributed by atoms with Crippen molar-refractivity contribution in [2.45, 2.75) is 25.5 Å². The Morgan fingerprint density at radius 2 is 2.00 bits per heavy atom. The summed E-state index contributed by atoms with van der Waals surface area (Å²) < 4.78 is 10.3. The Morgan fingerprint density at radius 1 is 1.27 bits per heavy atom. The van der Waals surface area contributed by atoms with Gasteiger partial charge in [0.2, 0.25) is 0 Å². The second-order valence-corrected chi connectivity index (χ2v) is 7.24. The van der Waals surface area contributed by atoms with Crippen LogP contribution >= 0.6 is 11.3 Å². The number of hydrogen-bond acceptors (Lipinski definition) is 6. The van der Waals surface area contributed by atoms with E-state index in [1.165, 1.54) is 29.7 Å². The fourth-order valence-electron chi connectivity index (χ4n) is 3.22.